The van der Waals surface area contributed by atoms with Crippen LogP contribution in [-0.2, 0) is 4.74 Å². The van der Waals surface area contributed by atoms with Crippen molar-refractivity contribution in [1.29, 1.82) is 0 Å². The Morgan fingerprint density at radius 1 is 1.04 bits per heavy atom. The molecule has 0 spiro atoms. The second-order valence-electron chi connectivity index (χ2n) is 5.46. The van der Waals surface area contributed by atoms with Crippen LogP contribution < -0.4 is 0 Å². The van der Waals surface area contributed by atoms with Crippen molar-refractivity contribution in [2.75, 3.05) is 6.61 Å². The number of ether oxygens (including phenoxy) is 1. The van der Waals surface area contributed by atoms with E-state index in [4.69, 9.17) is 4.74 Å². The van der Waals surface area contributed by atoms with Gasteiger partial charge in [-0.05, 0) is 36.4 Å². The van der Waals surface area contributed by atoms with Crippen LogP contribution in [0.1, 0.15) is 22.8 Å². The first-order valence-electron chi connectivity index (χ1n) is 7.60. The number of hydrogen-bond acceptors (Lipinski definition) is 3. The summed E-state index contributed by atoms with van der Waals surface area (Å²) >= 11 is 0. The minimum Gasteiger partial charge on any atom is -0.506 e. The SMILES string of the molecule is CCOC(=O)c1cc(-c2ccccc2)c2cc(C)ccc2c1O. The van der Waals surface area contributed by atoms with Gasteiger partial charge in [0.25, 0.3) is 0 Å². The molecular weight excluding hydrogens is 288 g/mol. The number of benzene rings is 3. The largest absolute Gasteiger partial charge is 0.506 e. The highest BCUT2D eigenvalue weighted by Crippen LogP contribution is 2.37. The number of aryl methyl sites for hydroxylation is 1. The van der Waals surface area contributed by atoms with Crippen molar-refractivity contribution in [1.82, 2.24) is 0 Å². The summed E-state index contributed by atoms with van der Waals surface area (Å²) < 4.78 is 5.07. The molecule has 0 unspecified atom stereocenters. The third-order valence-corrected chi connectivity index (χ3v) is 3.84. The molecule has 0 fully saturated rings. The number of phenols is 1. The predicted molar refractivity (Wildman–Crippen MR) is 91.7 cm³/mol. The molecule has 116 valence electrons. The highest BCUT2D eigenvalue weighted by Gasteiger charge is 2.18. The number of hydrogen-bond donors (Lipinski definition) is 1. The second kappa shape index (κ2) is 6.13. The van der Waals surface area contributed by atoms with Crippen LogP contribution in [0.4, 0.5) is 0 Å². The van der Waals surface area contributed by atoms with Gasteiger partial charge in [0.1, 0.15) is 11.3 Å². The molecule has 3 aromatic carbocycles. The fraction of sp³-hybridized carbons (Fsp3) is 0.150. The van der Waals surface area contributed by atoms with Crippen LogP contribution >= 0.6 is 0 Å². The van der Waals surface area contributed by atoms with Gasteiger partial charge in [-0.25, -0.2) is 4.79 Å². The van der Waals surface area contributed by atoms with Gasteiger partial charge in [0.2, 0.25) is 0 Å². The molecule has 3 heteroatoms. The lowest BCUT2D eigenvalue weighted by molar-refractivity contribution is 0.0523. The molecule has 23 heavy (non-hydrogen) atoms. The van der Waals surface area contributed by atoms with Gasteiger partial charge in [-0.3, -0.25) is 0 Å². The first-order chi connectivity index (χ1) is 11.1. The van der Waals surface area contributed by atoms with Crippen molar-refractivity contribution < 1.29 is 14.6 Å². The van der Waals surface area contributed by atoms with E-state index in [2.05, 4.69) is 0 Å². The number of carbonyl (C=O) groups excluding carboxylic acids is 1. The molecule has 3 nitrogen and oxygen atoms in total. The molecule has 0 aromatic heterocycles. The highest BCUT2D eigenvalue weighted by molar-refractivity contribution is 6.07. The quantitative estimate of drug-likeness (QED) is 0.714. The van der Waals surface area contributed by atoms with Gasteiger partial charge < -0.3 is 9.84 Å². The molecule has 0 heterocycles. The van der Waals surface area contributed by atoms with E-state index in [0.29, 0.717) is 5.39 Å². The summed E-state index contributed by atoms with van der Waals surface area (Å²) in [7, 11) is 0. The molecule has 3 aromatic rings. The third-order valence-electron chi connectivity index (χ3n) is 3.84. The van der Waals surface area contributed by atoms with Crippen LogP contribution in [-0.4, -0.2) is 17.7 Å². The van der Waals surface area contributed by atoms with E-state index >= 15 is 0 Å². The molecule has 0 atom stereocenters. The maximum Gasteiger partial charge on any atom is 0.341 e. The summed E-state index contributed by atoms with van der Waals surface area (Å²) in [6, 6.07) is 17.3. The Balaban J connectivity index is 2.34. The van der Waals surface area contributed by atoms with Crippen molar-refractivity contribution >= 4 is 16.7 Å². The number of fused-ring (bicyclic) bond motifs is 1. The summed E-state index contributed by atoms with van der Waals surface area (Å²) in [5.41, 5.74) is 3.19. The zero-order chi connectivity index (χ0) is 16.4. The summed E-state index contributed by atoms with van der Waals surface area (Å²) in [6.07, 6.45) is 0. The summed E-state index contributed by atoms with van der Waals surface area (Å²) in [5, 5.41) is 12.1. The van der Waals surface area contributed by atoms with Gasteiger partial charge in [0.05, 0.1) is 6.61 Å². The number of carbonyl (C=O) groups is 1. The normalized spacial score (nSPS) is 10.7. The molecule has 0 aliphatic carbocycles. The topological polar surface area (TPSA) is 46.5 Å². The summed E-state index contributed by atoms with van der Waals surface area (Å²) in [4.78, 5) is 12.2. The molecule has 0 aliphatic rings. The Kier molecular flexibility index (Phi) is 4.02. The molecular formula is C20H18O3. The van der Waals surface area contributed by atoms with E-state index in [1.165, 1.54) is 0 Å². The van der Waals surface area contributed by atoms with Crippen molar-refractivity contribution in [2.24, 2.45) is 0 Å². The van der Waals surface area contributed by atoms with Crippen LogP contribution in [0.2, 0.25) is 0 Å². The van der Waals surface area contributed by atoms with E-state index in [1.54, 1.807) is 13.0 Å². The maximum atomic E-state index is 12.2. The molecule has 0 radical (unpaired) electrons. The van der Waals surface area contributed by atoms with E-state index in [0.717, 1.165) is 22.1 Å². The molecule has 0 amide bonds. The first kappa shape index (κ1) is 15.1. The molecule has 0 saturated heterocycles. The van der Waals surface area contributed by atoms with E-state index < -0.39 is 5.97 Å². The summed E-state index contributed by atoms with van der Waals surface area (Å²) in [6.45, 7) is 4.02. The van der Waals surface area contributed by atoms with Crippen molar-refractivity contribution in [2.45, 2.75) is 13.8 Å². The molecule has 0 aliphatic heterocycles. The van der Waals surface area contributed by atoms with Gasteiger partial charge in [-0.2, -0.15) is 0 Å². The lowest BCUT2D eigenvalue weighted by Crippen LogP contribution is -2.05. The fourth-order valence-electron chi connectivity index (χ4n) is 2.74. The monoisotopic (exact) mass is 306 g/mol. The minimum absolute atomic E-state index is 0.0295. The average molecular weight is 306 g/mol. The Hall–Kier alpha value is -2.81. The predicted octanol–water partition coefficient (Wildman–Crippen LogP) is 4.70. The zero-order valence-corrected chi connectivity index (χ0v) is 13.2. The Morgan fingerprint density at radius 2 is 1.78 bits per heavy atom. The Morgan fingerprint density at radius 3 is 2.48 bits per heavy atom. The number of rotatable bonds is 3. The minimum atomic E-state index is -0.510. The smallest absolute Gasteiger partial charge is 0.341 e. The van der Waals surface area contributed by atoms with Crippen molar-refractivity contribution in [3.8, 4) is 16.9 Å². The van der Waals surface area contributed by atoms with Crippen molar-refractivity contribution in [3.63, 3.8) is 0 Å². The number of phenolic OH excluding ortho intramolecular Hbond substituents is 1. The highest BCUT2D eigenvalue weighted by atomic mass is 16.5. The van der Waals surface area contributed by atoms with Gasteiger partial charge >= 0.3 is 5.97 Å². The van der Waals surface area contributed by atoms with Gasteiger partial charge in [-0.15, -0.1) is 0 Å². The van der Waals surface area contributed by atoms with Crippen LogP contribution in [0, 0.1) is 6.92 Å². The van der Waals surface area contributed by atoms with Gasteiger partial charge in [-0.1, -0.05) is 54.1 Å². The third kappa shape index (κ3) is 2.78. The van der Waals surface area contributed by atoms with Crippen LogP contribution in [0.25, 0.3) is 21.9 Å². The summed E-state index contributed by atoms with van der Waals surface area (Å²) in [5.74, 6) is -0.539. The lowest BCUT2D eigenvalue weighted by atomic mass is 9.93. The van der Waals surface area contributed by atoms with E-state index in [-0.39, 0.29) is 17.9 Å². The van der Waals surface area contributed by atoms with Gasteiger partial charge in [0.15, 0.2) is 0 Å². The standard InChI is InChI=1S/C20H18O3/c1-3-23-20(22)18-12-16(14-7-5-4-6-8-14)17-11-13(2)9-10-15(17)19(18)21/h4-12,21H,3H2,1-2H3. The molecule has 1 N–H and O–H groups in total. The van der Waals surface area contributed by atoms with E-state index in [1.807, 2.05) is 55.5 Å². The zero-order valence-electron chi connectivity index (χ0n) is 13.2. The van der Waals surface area contributed by atoms with Crippen molar-refractivity contribution in [3.05, 3.63) is 65.7 Å². The first-order valence-corrected chi connectivity index (χ1v) is 7.60. The molecule has 0 saturated carbocycles. The maximum absolute atomic E-state index is 12.2. The fourth-order valence-corrected chi connectivity index (χ4v) is 2.74. The average Bonchev–Trinajstić information content (AvgIpc) is 2.56. The van der Waals surface area contributed by atoms with Crippen LogP contribution in [0.15, 0.2) is 54.6 Å². The Labute approximate surface area is 135 Å². The molecule has 3 rings (SSSR count). The van der Waals surface area contributed by atoms with Crippen LogP contribution in [0.3, 0.4) is 0 Å². The number of aromatic hydroxyl groups is 1. The molecule has 0 bridgehead atoms. The Bertz CT molecular complexity index is 867. The van der Waals surface area contributed by atoms with E-state index in [9.17, 15) is 9.90 Å². The number of esters is 1. The van der Waals surface area contributed by atoms with Gasteiger partial charge in [0, 0.05) is 5.39 Å². The second-order valence-corrected chi connectivity index (χ2v) is 5.46. The van der Waals surface area contributed by atoms with Crippen LogP contribution in [0.5, 0.6) is 5.75 Å². The lowest BCUT2D eigenvalue weighted by Gasteiger charge is -2.13.